The van der Waals surface area contributed by atoms with E-state index in [1.165, 1.54) is 11.8 Å². The van der Waals surface area contributed by atoms with Gasteiger partial charge in [-0.2, -0.15) is 0 Å². The zero-order chi connectivity index (χ0) is 21.4. The summed E-state index contributed by atoms with van der Waals surface area (Å²) >= 11 is 1.44. The van der Waals surface area contributed by atoms with Crippen molar-refractivity contribution in [3.8, 4) is 5.75 Å². The Morgan fingerprint density at radius 1 is 1.10 bits per heavy atom. The molecule has 3 aliphatic heterocycles. The van der Waals surface area contributed by atoms with Crippen molar-refractivity contribution < 1.29 is 23.9 Å². The van der Waals surface area contributed by atoms with Crippen LogP contribution in [0.5, 0.6) is 5.75 Å². The van der Waals surface area contributed by atoms with E-state index in [2.05, 4.69) is 5.32 Å². The number of fused-ring (bicyclic) bond motifs is 2. The lowest BCUT2D eigenvalue weighted by Crippen LogP contribution is -2.54. The number of ether oxygens (including phenoxy) is 2. The van der Waals surface area contributed by atoms with Crippen LogP contribution in [0.15, 0.2) is 47.4 Å². The van der Waals surface area contributed by atoms with Gasteiger partial charge in [0.1, 0.15) is 5.75 Å². The fraction of sp³-hybridized carbons (Fsp3) is 0.318. The third-order valence-corrected chi connectivity index (χ3v) is 6.55. The zero-order valence-corrected chi connectivity index (χ0v) is 17.5. The van der Waals surface area contributed by atoms with Crippen molar-refractivity contribution in [1.29, 1.82) is 0 Å². The van der Waals surface area contributed by atoms with E-state index < -0.39 is 6.10 Å². The number of nitrogens with one attached hydrogen (secondary N) is 1. The van der Waals surface area contributed by atoms with Gasteiger partial charge in [-0.1, -0.05) is 12.1 Å². The van der Waals surface area contributed by atoms with Crippen LogP contribution in [-0.4, -0.2) is 67.3 Å². The number of para-hydroxylation sites is 2. The zero-order valence-electron chi connectivity index (χ0n) is 16.7. The molecule has 0 aliphatic carbocycles. The Hall–Kier alpha value is -3.04. The predicted molar refractivity (Wildman–Crippen MR) is 116 cm³/mol. The summed E-state index contributed by atoms with van der Waals surface area (Å²) in [4.78, 5) is 42.5. The van der Waals surface area contributed by atoms with Crippen LogP contribution in [0.3, 0.4) is 0 Å². The van der Waals surface area contributed by atoms with E-state index in [4.69, 9.17) is 9.47 Å². The van der Waals surface area contributed by atoms with Crippen LogP contribution in [0.2, 0.25) is 0 Å². The van der Waals surface area contributed by atoms with Crippen molar-refractivity contribution in [1.82, 2.24) is 4.90 Å². The molecule has 1 saturated heterocycles. The number of nitrogens with zero attached hydrogens (tertiary/aromatic N) is 2. The third-order valence-electron chi connectivity index (χ3n) is 5.48. The molecule has 8 nitrogen and oxygen atoms in total. The topological polar surface area (TPSA) is 88.2 Å². The minimum Gasteiger partial charge on any atom is -0.476 e. The highest BCUT2D eigenvalue weighted by molar-refractivity contribution is 8.00. The van der Waals surface area contributed by atoms with Crippen LogP contribution >= 0.6 is 11.8 Å². The lowest BCUT2D eigenvalue weighted by atomic mass is 10.1. The van der Waals surface area contributed by atoms with Gasteiger partial charge in [-0.3, -0.25) is 14.4 Å². The van der Waals surface area contributed by atoms with Crippen LogP contribution in [0.25, 0.3) is 0 Å². The van der Waals surface area contributed by atoms with Gasteiger partial charge < -0.3 is 24.6 Å². The first-order valence-corrected chi connectivity index (χ1v) is 11.1. The molecule has 3 aliphatic rings. The van der Waals surface area contributed by atoms with Gasteiger partial charge in [0.2, 0.25) is 5.91 Å². The summed E-state index contributed by atoms with van der Waals surface area (Å²) in [5.74, 6) is 0.376. The number of carbonyl (C=O) groups excluding carboxylic acids is 3. The maximum atomic E-state index is 13.5. The molecule has 0 spiro atoms. The van der Waals surface area contributed by atoms with Crippen molar-refractivity contribution in [2.24, 2.45) is 0 Å². The molecule has 9 heteroatoms. The van der Waals surface area contributed by atoms with E-state index in [0.29, 0.717) is 54.7 Å². The highest BCUT2D eigenvalue weighted by Gasteiger charge is 2.37. The third kappa shape index (κ3) is 3.86. The van der Waals surface area contributed by atoms with E-state index >= 15 is 0 Å². The van der Waals surface area contributed by atoms with Crippen molar-refractivity contribution in [2.45, 2.75) is 11.0 Å². The summed E-state index contributed by atoms with van der Waals surface area (Å²) in [6.45, 7) is 2.13. The van der Waals surface area contributed by atoms with E-state index in [9.17, 15) is 14.4 Å². The van der Waals surface area contributed by atoms with Crippen molar-refractivity contribution >= 4 is 40.9 Å². The number of anilines is 2. The Balaban J connectivity index is 1.44. The Labute approximate surface area is 183 Å². The van der Waals surface area contributed by atoms with E-state index in [1.54, 1.807) is 34.1 Å². The minimum atomic E-state index is -0.787. The van der Waals surface area contributed by atoms with Gasteiger partial charge in [0.15, 0.2) is 6.10 Å². The minimum absolute atomic E-state index is 0.0880. The summed E-state index contributed by atoms with van der Waals surface area (Å²) in [6, 6.07) is 12.5. The smallest absolute Gasteiger partial charge is 0.265 e. The number of rotatable bonds is 2. The van der Waals surface area contributed by atoms with Crippen LogP contribution < -0.4 is 15.0 Å². The highest BCUT2D eigenvalue weighted by Crippen LogP contribution is 2.36. The fourth-order valence-corrected chi connectivity index (χ4v) is 4.70. The molecule has 0 radical (unpaired) electrons. The summed E-state index contributed by atoms with van der Waals surface area (Å²) in [7, 11) is 0. The molecule has 160 valence electrons. The van der Waals surface area contributed by atoms with Crippen LogP contribution in [-0.2, 0) is 14.3 Å². The van der Waals surface area contributed by atoms with E-state index in [-0.39, 0.29) is 24.3 Å². The average molecular weight is 439 g/mol. The molecule has 2 aromatic rings. The second-order valence-electron chi connectivity index (χ2n) is 7.48. The highest BCUT2D eigenvalue weighted by atomic mass is 32.2. The SMILES string of the molecule is O=C1CSc2ccc(C(=O)N3C[C@H](C(=O)N4CCOCC4)Oc4ccccc43)cc2N1. The first-order valence-electron chi connectivity index (χ1n) is 10.1. The molecule has 0 saturated carbocycles. The number of morpholine rings is 1. The first kappa shape index (κ1) is 19.9. The summed E-state index contributed by atoms with van der Waals surface area (Å²) in [5, 5.41) is 2.82. The molecule has 3 heterocycles. The van der Waals surface area contributed by atoms with Crippen molar-refractivity contribution in [3.05, 3.63) is 48.0 Å². The molecule has 0 aromatic heterocycles. The van der Waals surface area contributed by atoms with Crippen LogP contribution in [0, 0.1) is 0 Å². The monoisotopic (exact) mass is 439 g/mol. The predicted octanol–water partition coefficient (Wildman–Crippen LogP) is 2.00. The van der Waals surface area contributed by atoms with Gasteiger partial charge in [-0.25, -0.2) is 0 Å². The standard InChI is InChI=1S/C22H21N3O5S/c26-20-13-31-19-6-5-14(11-15(19)23-20)21(27)25-12-18(22(28)24-7-9-29-10-8-24)30-17-4-2-1-3-16(17)25/h1-6,11,18H,7-10,12-13H2,(H,23,26)/t18-/m1/s1. The molecular formula is C22H21N3O5S. The molecule has 1 fully saturated rings. The molecule has 31 heavy (non-hydrogen) atoms. The van der Waals surface area contributed by atoms with Gasteiger partial charge in [-0.05, 0) is 30.3 Å². The molecule has 1 N–H and O–H groups in total. The van der Waals surface area contributed by atoms with Gasteiger partial charge >= 0.3 is 0 Å². The van der Waals surface area contributed by atoms with Crippen LogP contribution in [0.4, 0.5) is 11.4 Å². The second kappa shape index (κ2) is 8.24. The van der Waals surface area contributed by atoms with Gasteiger partial charge in [0, 0.05) is 23.5 Å². The normalized spacial score (nSPS) is 20.3. The number of benzene rings is 2. The number of hydrogen-bond donors (Lipinski definition) is 1. The second-order valence-corrected chi connectivity index (χ2v) is 8.49. The fourth-order valence-electron chi connectivity index (χ4n) is 3.91. The summed E-state index contributed by atoms with van der Waals surface area (Å²) in [6.07, 6.45) is -0.787. The van der Waals surface area contributed by atoms with E-state index in [0.717, 1.165) is 4.90 Å². The molecule has 0 bridgehead atoms. The summed E-state index contributed by atoms with van der Waals surface area (Å²) in [5.41, 5.74) is 1.69. The largest absolute Gasteiger partial charge is 0.476 e. The Morgan fingerprint density at radius 3 is 2.74 bits per heavy atom. The molecule has 0 unspecified atom stereocenters. The van der Waals surface area contributed by atoms with Crippen molar-refractivity contribution in [3.63, 3.8) is 0 Å². The molecule has 1 atom stereocenters. The molecule has 2 aromatic carbocycles. The first-order chi connectivity index (χ1) is 15.1. The average Bonchev–Trinajstić information content (AvgIpc) is 2.82. The molecule has 3 amide bonds. The Kier molecular flexibility index (Phi) is 5.29. The number of amides is 3. The lowest BCUT2D eigenvalue weighted by Gasteiger charge is -2.37. The van der Waals surface area contributed by atoms with Gasteiger partial charge in [0.05, 0.1) is 36.9 Å². The van der Waals surface area contributed by atoms with Gasteiger partial charge in [0.25, 0.3) is 11.8 Å². The van der Waals surface area contributed by atoms with Gasteiger partial charge in [-0.15, -0.1) is 11.8 Å². The molecular weight excluding hydrogens is 418 g/mol. The Morgan fingerprint density at radius 2 is 1.90 bits per heavy atom. The number of thioether (sulfide) groups is 1. The quantitative estimate of drug-likeness (QED) is 0.770. The van der Waals surface area contributed by atoms with Crippen molar-refractivity contribution in [2.75, 3.05) is 48.8 Å². The maximum absolute atomic E-state index is 13.5. The molecule has 5 rings (SSSR count). The Bertz CT molecular complexity index is 1050. The van der Waals surface area contributed by atoms with Crippen LogP contribution in [0.1, 0.15) is 10.4 Å². The maximum Gasteiger partial charge on any atom is 0.265 e. The number of hydrogen-bond acceptors (Lipinski definition) is 6. The summed E-state index contributed by atoms with van der Waals surface area (Å²) < 4.78 is 11.3. The van der Waals surface area contributed by atoms with E-state index in [1.807, 2.05) is 18.2 Å². The number of carbonyl (C=O) groups is 3. The lowest BCUT2D eigenvalue weighted by molar-refractivity contribution is -0.142.